The van der Waals surface area contributed by atoms with E-state index in [2.05, 4.69) is 15.5 Å². The highest BCUT2D eigenvalue weighted by Crippen LogP contribution is 2.32. The Labute approximate surface area is 146 Å². The van der Waals surface area contributed by atoms with Crippen LogP contribution in [0.2, 0.25) is 0 Å². The second kappa shape index (κ2) is 7.03. The molecule has 136 valence electrons. The van der Waals surface area contributed by atoms with Crippen molar-refractivity contribution in [1.29, 1.82) is 0 Å². The fourth-order valence-corrected chi connectivity index (χ4v) is 2.39. The quantitative estimate of drug-likeness (QED) is 0.752. The van der Waals surface area contributed by atoms with Crippen LogP contribution in [0.15, 0.2) is 47.1 Å². The van der Waals surface area contributed by atoms with Crippen LogP contribution < -0.4 is 5.32 Å². The van der Waals surface area contributed by atoms with Gasteiger partial charge in [-0.1, -0.05) is 12.1 Å². The summed E-state index contributed by atoms with van der Waals surface area (Å²) in [6, 6.07) is 7.60. The summed E-state index contributed by atoms with van der Waals surface area (Å²) in [7, 11) is 0. The Morgan fingerprint density at radius 1 is 1.27 bits per heavy atom. The van der Waals surface area contributed by atoms with Crippen molar-refractivity contribution < 1.29 is 22.4 Å². The molecule has 6 nitrogen and oxygen atoms in total. The van der Waals surface area contributed by atoms with Crippen LogP contribution in [0.1, 0.15) is 28.9 Å². The number of nitrogens with one attached hydrogen (secondary N) is 1. The van der Waals surface area contributed by atoms with E-state index >= 15 is 0 Å². The number of aryl methyl sites for hydroxylation is 1. The van der Waals surface area contributed by atoms with E-state index in [-0.39, 0.29) is 23.6 Å². The number of benzene rings is 1. The molecule has 3 rings (SSSR count). The molecule has 0 radical (unpaired) electrons. The number of rotatable bonds is 5. The van der Waals surface area contributed by atoms with E-state index in [4.69, 9.17) is 4.42 Å². The number of carbonyl (C=O) groups is 1. The van der Waals surface area contributed by atoms with Crippen molar-refractivity contribution in [3.8, 4) is 11.3 Å². The first-order valence-corrected chi connectivity index (χ1v) is 7.81. The molecule has 2 heterocycles. The molecule has 1 N–H and O–H groups in total. The van der Waals surface area contributed by atoms with E-state index in [1.165, 1.54) is 24.3 Å². The van der Waals surface area contributed by atoms with Gasteiger partial charge in [0.1, 0.15) is 12.1 Å². The van der Waals surface area contributed by atoms with E-state index in [1.807, 2.05) is 6.92 Å². The van der Waals surface area contributed by atoms with Crippen molar-refractivity contribution in [2.45, 2.75) is 26.2 Å². The van der Waals surface area contributed by atoms with Gasteiger partial charge in [0, 0.05) is 12.1 Å². The zero-order chi connectivity index (χ0) is 18.7. The summed E-state index contributed by atoms with van der Waals surface area (Å²) in [5.74, 6) is 0.275. The smallest absolute Gasteiger partial charge is 0.416 e. The zero-order valence-corrected chi connectivity index (χ0v) is 13.7. The fourth-order valence-electron chi connectivity index (χ4n) is 2.39. The molecular formula is C17H15F3N4O2. The van der Waals surface area contributed by atoms with E-state index in [9.17, 15) is 18.0 Å². The summed E-state index contributed by atoms with van der Waals surface area (Å²) in [6.07, 6.45) is -2.89. The number of hydrogen-bond acceptors (Lipinski definition) is 4. The third kappa shape index (κ3) is 3.76. The average molecular weight is 364 g/mol. The van der Waals surface area contributed by atoms with E-state index in [0.29, 0.717) is 12.4 Å². The minimum Gasteiger partial charge on any atom is -0.451 e. The molecular weight excluding hydrogens is 349 g/mol. The molecule has 0 fully saturated rings. The lowest BCUT2D eigenvalue weighted by Crippen LogP contribution is -2.24. The van der Waals surface area contributed by atoms with Crippen LogP contribution >= 0.6 is 0 Å². The minimum absolute atomic E-state index is 0.0000227. The van der Waals surface area contributed by atoms with Gasteiger partial charge in [0.15, 0.2) is 11.6 Å². The molecule has 1 aromatic carbocycles. The average Bonchev–Trinajstić information content (AvgIpc) is 3.28. The van der Waals surface area contributed by atoms with Gasteiger partial charge in [-0.15, -0.1) is 10.2 Å². The predicted molar refractivity (Wildman–Crippen MR) is 86.0 cm³/mol. The van der Waals surface area contributed by atoms with Gasteiger partial charge >= 0.3 is 6.18 Å². The second-order valence-corrected chi connectivity index (χ2v) is 5.46. The highest BCUT2D eigenvalue weighted by Gasteiger charge is 2.30. The van der Waals surface area contributed by atoms with Crippen LogP contribution in [-0.4, -0.2) is 20.7 Å². The number of furan rings is 1. The molecule has 0 bridgehead atoms. The van der Waals surface area contributed by atoms with Gasteiger partial charge in [0.05, 0.1) is 12.1 Å². The highest BCUT2D eigenvalue weighted by molar-refractivity contribution is 5.92. The summed E-state index contributed by atoms with van der Waals surface area (Å²) < 4.78 is 45.6. The van der Waals surface area contributed by atoms with Crippen LogP contribution in [0, 0.1) is 0 Å². The zero-order valence-electron chi connectivity index (χ0n) is 13.7. The summed E-state index contributed by atoms with van der Waals surface area (Å²) >= 11 is 0. The number of carbonyl (C=O) groups excluding carboxylic acids is 1. The molecule has 3 aromatic rings. The standard InChI is InChI=1S/C17H15F3N4O2/c1-2-24-10-22-23-15(24)9-21-16(25)14-7-6-13(26-14)11-4-3-5-12(8-11)17(18,19)20/h3-8,10H,2,9H2,1H3,(H,21,25). The SMILES string of the molecule is CCn1cnnc1CNC(=O)c1ccc(-c2cccc(C(F)(F)F)c2)o1. The largest absolute Gasteiger partial charge is 0.451 e. The van der Waals surface area contributed by atoms with Crippen molar-refractivity contribution >= 4 is 5.91 Å². The minimum atomic E-state index is -4.45. The van der Waals surface area contributed by atoms with Crippen molar-refractivity contribution in [2.75, 3.05) is 0 Å². The van der Waals surface area contributed by atoms with Gasteiger partial charge in [-0.25, -0.2) is 0 Å². The van der Waals surface area contributed by atoms with Crippen LogP contribution in [0.5, 0.6) is 0 Å². The Kier molecular flexibility index (Phi) is 4.79. The molecule has 2 aromatic heterocycles. The summed E-state index contributed by atoms with van der Waals surface area (Å²) in [5, 5.41) is 10.3. The van der Waals surface area contributed by atoms with Crippen LogP contribution in [0.3, 0.4) is 0 Å². The molecule has 0 spiro atoms. The Bertz CT molecular complexity index is 915. The molecule has 0 unspecified atom stereocenters. The molecule has 0 saturated heterocycles. The maximum atomic E-state index is 12.8. The van der Waals surface area contributed by atoms with Gasteiger partial charge in [0.25, 0.3) is 5.91 Å². The Balaban J connectivity index is 1.72. The molecule has 26 heavy (non-hydrogen) atoms. The third-order valence-electron chi connectivity index (χ3n) is 3.75. The Morgan fingerprint density at radius 3 is 2.81 bits per heavy atom. The lowest BCUT2D eigenvalue weighted by molar-refractivity contribution is -0.137. The van der Waals surface area contributed by atoms with Crippen molar-refractivity contribution in [3.05, 3.63) is 59.9 Å². The normalized spacial score (nSPS) is 11.5. The monoisotopic (exact) mass is 364 g/mol. The molecule has 0 saturated carbocycles. The third-order valence-corrected chi connectivity index (χ3v) is 3.75. The summed E-state index contributed by atoms with van der Waals surface area (Å²) in [6.45, 7) is 2.74. The van der Waals surface area contributed by atoms with Gasteiger partial charge < -0.3 is 14.3 Å². The molecule has 0 aliphatic carbocycles. The van der Waals surface area contributed by atoms with Crippen LogP contribution in [0.25, 0.3) is 11.3 Å². The summed E-state index contributed by atoms with van der Waals surface area (Å²) in [4.78, 5) is 12.2. The predicted octanol–water partition coefficient (Wildman–Crippen LogP) is 3.51. The Morgan fingerprint density at radius 2 is 2.08 bits per heavy atom. The molecule has 1 amide bonds. The summed E-state index contributed by atoms with van der Waals surface area (Å²) in [5.41, 5.74) is -0.541. The fraction of sp³-hybridized carbons (Fsp3) is 0.235. The van der Waals surface area contributed by atoms with Crippen molar-refractivity contribution in [1.82, 2.24) is 20.1 Å². The number of halogens is 3. The number of nitrogens with zero attached hydrogens (tertiary/aromatic N) is 3. The van der Waals surface area contributed by atoms with Crippen LogP contribution in [0.4, 0.5) is 13.2 Å². The first-order valence-electron chi connectivity index (χ1n) is 7.81. The van der Waals surface area contributed by atoms with Crippen molar-refractivity contribution in [2.24, 2.45) is 0 Å². The number of alkyl halides is 3. The lowest BCUT2D eigenvalue weighted by atomic mass is 10.1. The van der Waals surface area contributed by atoms with Crippen molar-refractivity contribution in [3.63, 3.8) is 0 Å². The van der Waals surface area contributed by atoms with E-state index in [1.54, 1.807) is 10.9 Å². The molecule has 0 aliphatic heterocycles. The van der Waals surface area contributed by atoms with Crippen LogP contribution in [-0.2, 0) is 19.3 Å². The van der Waals surface area contributed by atoms with Gasteiger partial charge in [-0.3, -0.25) is 4.79 Å². The van der Waals surface area contributed by atoms with E-state index < -0.39 is 17.6 Å². The van der Waals surface area contributed by atoms with Gasteiger partial charge in [0.2, 0.25) is 0 Å². The Hall–Kier alpha value is -3.10. The van der Waals surface area contributed by atoms with E-state index in [0.717, 1.165) is 12.1 Å². The number of aromatic nitrogens is 3. The van der Waals surface area contributed by atoms with Gasteiger partial charge in [-0.2, -0.15) is 13.2 Å². The number of amides is 1. The van der Waals surface area contributed by atoms with Gasteiger partial charge in [-0.05, 0) is 31.2 Å². The molecule has 9 heteroatoms. The molecule has 0 atom stereocenters. The second-order valence-electron chi connectivity index (χ2n) is 5.46. The maximum Gasteiger partial charge on any atom is 0.416 e. The number of hydrogen-bond donors (Lipinski definition) is 1. The lowest BCUT2D eigenvalue weighted by Gasteiger charge is -2.07. The first kappa shape index (κ1) is 17.7. The first-order chi connectivity index (χ1) is 12.4. The topological polar surface area (TPSA) is 73.0 Å². The maximum absolute atomic E-state index is 12.8. The molecule has 0 aliphatic rings. The highest BCUT2D eigenvalue weighted by atomic mass is 19.4.